The molecule has 0 N–H and O–H groups in total. The highest BCUT2D eigenvalue weighted by atomic mass is 79.9. The molecule has 2 aromatic rings. The van der Waals surface area contributed by atoms with Crippen molar-refractivity contribution in [2.75, 3.05) is 0 Å². The van der Waals surface area contributed by atoms with Gasteiger partial charge >= 0.3 is 0 Å². The summed E-state index contributed by atoms with van der Waals surface area (Å²) in [7, 11) is 0. The summed E-state index contributed by atoms with van der Waals surface area (Å²) in [5.41, 5.74) is 2.52. The van der Waals surface area contributed by atoms with Crippen LogP contribution in [0.4, 0.5) is 0 Å². The van der Waals surface area contributed by atoms with Crippen LogP contribution in [0.5, 0.6) is 0 Å². The molecule has 0 atom stereocenters. The van der Waals surface area contributed by atoms with E-state index < -0.39 is 0 Å². The molecule has 0 spiro atoms. The molecule has 0 aliphatic heterocycles. The lowest BCUT2D eigenvalue weighted by atomic mass is 9.93. The second-order valence-electron chi connectivity index (χ2n) is 5.23. The Bertz CT molecular complexity index is 553. The molecule has 0 saturated heterocycles. The highest BCUT2D eigenvalue weighted by Crippen LogP contribution is 2.36. The van der Waals surface area contributed by atoms with Gasteiger partial charge in [0.1, 0.15) is 0 Å². The van der Waals surface area contributed by atoms with Crippen LogP contribution in [0.25, 0.3) is 10.9 Å². The summed E-state index contributed by atoms with van der Waals surface area (Å²) >= 11 is 3.56. The second-order valence-corrected chi connectivity index (χ2v) is 6.15. The number of fused-ring (bicyclic) bond motifs is 1. The van der Waals surface area contributed by atoms with Crippen LogP contribution in [0.1, 0.15) is 50.8 Å². The summed E-state index contributed by atoms with van der Waals surface area (Å²) in [5, 5.41) is 6.15. The van der Waals surface area contributed by atoms with Crippen LogP contribution in [0.3, 0.4) is 0 Å². The van der Waals surface area contributed by atoms with Crippen molar-refractivity contribution in [1.29, 1.82) is 0 Å². The highest BCUT2D eigenvalue weighted by molar-refractivity contribution is 9.10. The first-order valence-electron chi connectivity index (χ1n) is 6.34. The van der Waals surface area contributed by atoms with E-state index in [0.717, 1.165) is 4.47 Å². The molecule has 1 saturated carbocycles. The van der Waals surface area contributed by atoms with Gasteiger partial charge in [-0.3, -0.25) is 4.68 Å². The number of hydrogen-bond donors (Lipinski definition) is 0. The van der Waals surface area contributed by atoms with Crippen LogP contribution in [-0.2, 0) is 0 Å². The maximum atomic E-state index is 4.85. The van der Waals surface area contributed by atoms with Crippen LogP contribution in [0.15, 0.2) is 22.7 Å². The maximum absolute atomic E-state index is 4.85. The van der Waals surface area contributed by atoms with Gasteiger partial charge in [-0.15, -0.1) is 0 Å². The number of benzene rings is 1. The summed E-state index contributed by atoms with van der Waals surface area (Å²) in [6.07, 6.45) is 3.91. The number of hydrogen-bond acceptors (Lipinski definition) is 1. The molecule has 0 amide bonds. The van der Waals surface area contributed by atoms with Crippen molar-refractivity contribution in [3.63, 3.8) is 0 Å². The Hall–Kier alpha value is -0.830. The summed E-state index contributed by atoms with van der Waals surface area (Å²) in [6.45, 7) is 4.43. The average Bonchev–Trinajstić information content (AvgIpc) is 2.54. The molecule has 1 heterocycles. The fourth-order valence-corrected chi connectivity index (χ4v) is 2.83. The fraction of sp³-hybridized carbons (Fsp3) is 0.500. The van der Waals surface area contributed by atoms with Gasteiger partial charge in [0, 0.05) is 9.86 Å². The molecule has 3 heteroatoms. The van der Waals surface area contributed by atoms with Gasteiger partial charge in [0.05, 0.1) is 17.3 Å². The van der Waals surface area contributed by atoms with E-state index in [1.807, 2.05) is 0 Å². The summed E-state index contributed by atoms with van der Waals surface area (Å²) in [6, 6.07) is 7.14. The molecule has 90 valence electrons. The number of nitrogens with zero attached hydrogens (tertiary/aromatic N) is 2. The lowest BCUT2D eigenvalue weighted by Crippen LogP contribution is -2.18. The summed E-state index contributed by atoms with van der Waals surface area (Å²) in [5.74, 6) is 0.480. The molecule has 0 bridgehead atoms. The molecule has 3 rings (SSSR count). The van der Waals surface area contributed by atoms with Gasteiger partial charge in [-0.25, -0.2) is 0 Å². The van der Waals surface area contributed by atoms with Gasteiger partial charge in [0.2, 0.25) is 0 Å². The Morgan fingerprint density at radius 2 is 2.12 bits per heavy atom. The predicted octanol–water partition coefficient (Wildman–Crippen LogP) is 4.65. The van der Waals surface area contributed by atoms with E-state index in [1.54, 1.807) is 0 Å². The van der Waals surface area contributed by atoms with Crippen molar-refractivity contribution in [2.45, 2.75) is 45.1 Å². The van der Waals surface area contributed by atoms with Crippen LogP contribution >= 0.6 is 15.9 Å². The largest absolute Gasteiger partial charge is 0.262 e. The van der Waals surface area contributed by atoms with E-state index in [9.17, 15) is 0 Å². The SMILES string of the molecule is CC(C)c1nn(C2CCC2)c2ccc(Br)cc12. The first kappa shape index (κ1) is 11.3. The normalized spacial score (nSPS) is 16.7. The molecule has 2 nitrogen and oxygen atoms in total. The van der Waals surface area contributed by atoms with E-state index in [4.69, 9.17) is 5.10 Å². The summed E-state index contributed by atoms with van der Waals surface area (Å²) < 4.78 is 3.39. The molecular weight excluding hydrogens is 276 g/mol. The fourth-order valence-electron chi connectivity index (χ4n) is 2.47. The minimum absolute atomic E-state index is 0.480. The molecule has 0 radical (unpaired) electrons. The Morgan fingerprint density at radius 1 is 1.35 bits per heavy atom. The Balaban J connectivity index is 2.22. The van der Waals surface area contributed by atoms with Crippen LogP contribution in [0.2, 0.25) is 0 Å². The highest BCUT2D eigenvalue weighted by Gasteiger charge is 2.24. The first-order chi connectivity index (χ1) is 8.16. The molecule has 0 unspecified atom stereocenters. The van der Waals surface area contributed by atoms with Crippen molar-refractivity contribution < 1.29 is 0 Å². The van der Waals surface area contributed by atoms with Gasteiger partial charge in [0.25, 0.3) is 0 Å². The van der Waals surface area contributed by atoms with Crippen molar-refractivity contribution in [1.82, 2.24) is 9.78 Å². The molecular formula is C14H17BrN2. The quantitative estimate of drug-likeness (QED) is 0.788. The minimum Gasteiger partial charge on any atom is -0.262 e. The Morgan fingerprint density at radius 3 is 2.71 bits per heavy atom. The van der Waals surface area contributed by atoms with Crippen LogP contribution in [0, 0.1) is 0 Å². The second kappa shape index (κ2) is 4.13. The summed E-state index contributed by atoms with van der Waals surface area (Å²) in [4.78, 5) is 0. The zero-order valence-corrected chi connectivity index (χ0v) is 11.9. The topological polar surface area (TPSA) is 17.8 Å². The van der Waals surface area contributed by atoms with Crippen LogP contribution < -0.4 is 0 Å². The van der Waals surface area contributed by atoms with Crippen molar-refractivity contribution >= 4 is 26.8 Å². The minimum atomic E-state index is 0.480. The van der Waals surface area contributed by atoms with E-state index in [-0.39, 0.29) is 0 Å². The molecule has 1 aromatic carbocycles. The molecule has 1 aromatic heterocycles. The maximum Gasteiger partial charge on any atom is 0.0729 e. The van der Waals surface area contributed by atoms with Crippen molar-refractivity contribution in [3.05, 3.63) is 28.4 Å². The predicted molar refractivity (Wildman–Crippen MR) is 74.4 cm³/mol. The van der Waals surface area contributed by atoms with Crippen LogP contribution in [-0.4, -0.2) is 9.78 Å². The molecule has 1 fully saturated rings. The zero-order chi connectivity index (χ0) is 12.0. The third-order valence-electron chi connectivity index (χ3n) is 3.66. The van der Waals surface area contributed by atoms with Gasteiger partial charge < -0.3 is 0 Å². The lowest BCUT2D eigenvalue weighted by molar-refractivity contribution is 0.295. The smallest absolute Gasteiger partial charge is 0.0729 e. The number of aromatic nitrogens is 2. The molecule has 1 aliphatic carbocycles. The zero-order valence-electron chi connectivity index (χ0n) is 10.3. The van der Waals surface area contributed by atoms with Gasteiger partial charge in [0.15, 0.2) is 0 Å². The van der Waals surface area contributed by atoms with Gasteiger partial charge in [-0.1, -0.05) is 29.8 Å². The monoisotopic (exact) mass is 292 g/mol. The van der Waals surface area contributed by atoms with E-state index in [1.165, 1.54) is 35.9 Å². The molecule has 17 heavy (non-hydrogen) atoms. The van der Waals surface area contributed by atoms with Crippen molar-refractivity contribution in [2.24, 2.45) is 0 Å². The first-order valence-corrected chi connectivity index (χ1v) is 7.14. The lowest BCUT2D eigenvalue weighted by Gasteiger charge is -2.26. The number of rotatable bonds is 2. The van der Waals surface area contributed by atoms with Gasteiger partial charge in [-0.2, -0.15) is 5.10 Å². The Kier molecular flexibility index (Phi) is 2.74. The average molecular weight is 293 g/mol. The number of halogens is 1. The molecule has 1 aliphatic rings. The third kappa shape index (κ3) is 1.81. The van der Waals surface area contributed by atoms with E-state index in [0.29, 0.717) is 12.0 Å². The van der Waals surface area contributed by atoms with E-state index in [2.05, 4.69) is 52.7 Å². The van der Waals surface area contributed by atoms with Gasteiger partial charge in [-0.05, 0) is 43.4 Å². The standard InChI is InChI=1S/C14H17BrN2/c1-9(2)14-12-8-10(15)6-7-13(12)17(16-14)11-4-3-5-11/h6-9,11H,3-5H2,1-2H3. The Labute approximate surface area is 110 Å². The van der Waals surface area contributed by atoms with Crippen molar-refractivity contribution in [3.8, 4) is 0 Å². The third-order valence-corrected chi connectivity index (χ3v) is 4.16. The van der Waals surface area contributed by atoms with E-state index >= 15 is 0 Å².